The van der Waals surface area contributed by atoms with Crippen molar-refractivity contribution in [3.8, 4) is 22.3 Å². The molecule has 0 amide bonds. The van der Waals surface area contributed by atoms with Gasteiger partial charge in [0.25, 0.3) is 0 Å². The molecule has 4 aromatic rings. The second-order valence-electron chi connectivity index (χ2n) is 6.93. The van der Waals surface area contributed by atoms with E-state index < -0.39 is 0 Å². The Balaban J connectivity index is 0.000000552. The summed E-state index contributed by atoms with van der Waals surface area (Å²) in [5, 5.41) is 0. The first kappa shape index (κ1) is 29.9. The fourth-order valence-electron chi connectivity index (χ4n) is 5.05. The smallest absolute Gasteiger partial charge is 0.0683 e. The van der Waals surface area contributed by atoms with E-state index in [0.29, 0.717) is 0 Å². The van der Waals surface area contributed by atoms with Crippen LogP contribution < -0.4 is 0 Å². The highest BCUT2D eigenvalue weighted by Crippen LogP contribution is 2.62. The van der Waals surface area contributed by atoms with Crippen LogP contribution in [-0.4, -0.2) is 0 Å². The first-order valence-corrected chi connectivity index (χ1v) is 13.8. The summed E-state index contributed by atoms with van der Waals surface area (Å²) in [6.07, 6.45) is 0. The zero-order chi connectivity index (χ0) is 26.4. The van der Waals surface area contributed by atoms with Crippen molar-refractivity contribution in [2.75, 3.05) is 0 Å². The number of hydrogen-bond acceptors (Lipinski definition) is 0. The Bertz CT molecular complexity index is 962. The Kier molecular flexibility index (Phi) is 12.8. The summed E-state index contributed by atoms with van der Waals surface area (Å²) in [7, 11) is 0. The van der Waals surface area contributed by atoms with Crippen LogP contribution in [0.15, 0.2) is 97.1 Å². The number of benzene rings is 4. The van der Waals surface area contributed by atoms with Gasteiger partial charge in [0.15, 0.2) is 0 Å². The van der Waals surface area contributed by atoms with Crippen LogP contribution in [0.3, 0.4) is 0 Å². The van der Waals surface area contributed by atoms with Crippen LogP contribution in [-0.2, 0) is 5.41 Å². The summed E-state index contributed by atoms with van der Waals surface area (Å²) in [6, 6.07) is 35.7. The van der Waals surface area contributed by atoms with E-state index in [4.69, 9.17) is 0 Å². The van der Waals surface area contributed by atoms with Crippen molar-refractivity contribution in [1.82, 2.24) is 0 Å². The molecule has 0 aromatic heterocycles. The number of rotatable bonds is 0. The van der Waals surface area contributed by atoms with E-state index in [0.717, 1.165) is 0 Å². The molecule has 186 valence electrons. The number of fused-ring (bicyclic) bond motifs is 10. The van der Waals surface area contributed by atoms with Crippen LogP contribution in [0.2, 0.25) is 0 Å². The molecule has 0 saturated carbocycles. The monoisotopic (exact) mass is 466 g/mol. The Labute approximate surface area is 216 Å². The lowest BCUT2D eigenvalue weighted by molar-refractivity contribution is 0.794. The molecule has 4 aromatic carbocycles. The highest BCUT2D eigenvalue weighted by Gasteiger charge is 2.51. The second kappa shape index (κ2) is 15.0. The minimum Gasteiger partial charge on any atom is -0.0683 e. The van der Waals surface area contributed by atoms with Crippen molar-refractivity contribution in [3.05, 3.63) is 119 Å². The van der Waals surface area contributed by atoms with Crippen molar-refractivity contribution in [3.63, 3.8) is 0 Å². The van der Waals surface area contributed by atoms with Crippen molar-refractivity contribution in [2.24, 2.45) is 0 Å². The van der Waals surface area contributed by atoms with Crippen LogP contribution in [0.5, 0.6) is 0 Å². The fraction of sp³-hybridized carbons (Fsp3) is 0.314. The third-order valence-electron chi connectivity index (χ3n) is 5.90. The molecule has 6 rings (SSSR count). The molecule has 0 unspecified atom stereocenters. The Morgan fingerprint density at radius 3 is 0.657 bits per heavy atom. The average molecular weight is 467 g/mol. The molecule has 0 bridgehead atoms. The maximum absolute atomic E-state index is 2.31. The highest BCUT2D eigenvalue weighted by atomic mass is 14.5. The Morgan fingerprint density at radius 1 is 0.286 bits per heavy atom. The molecule has 0 heteroatoms. The van der Waals surface area contributed by atoms with Crippen LogP contribution in [0.25, 0.3) is 22.3 Å². The SMILES string of the molecule is CC.CC.CC.CC.CC.c1ccc2c(c1)-c1ccccc1C21c2ccccc2-c2ccccc21. The molecular formula is C35H46. The van der Waals surface area contributed by atoms with E-state index in [1.807, 2.05) is 69.2 Å². The van der Waals surface area contributed by atoms with Crippen LogP contribution in [0, 0.1) is 0 Å². The summed E-state index contributed by atoms with van der Waals surface area (Å²) < 4.78 is 0. The molecule has 0 nitrogen and oxygen atoms in total. The summed E-state index contributed by atoms with van der Waals surface area (Å²) in [5.74, 6) is 0. The molecule has 35 heavy (non-hydrogen) atoms. The van der Waals surface area contributed by atoms with Gasteiger partial charge in [0.1, 0.15) is 0 Å². The maximum Gasteiger partial charge on any atom is 0.0725 e. The first-order chi connectivity index (χ1) is 17.4. The van der Waals surface area contributed by atoms with Crippen molar-refractivity contribution in [2.45, 2.75) is 74.7 Å². The van der Waals surface area contributed by atoms with Gasteiger partial charge < -0.3 is 0 Å². The minimum absolute atomic E-state index is 0.180. The molecular weight excluding hydrogens is 420 g/mol. The maximum atomic E-state index is 2.31. The molecule has 0 N–H and O–H groups in total. The Hall–Kier alpha value is -3.12. The minimum atomic E-state index is -0.180. The summed E-state index contributed by atoms with van der Waals surface area (Å²) in [4.78, 5) is 0. The van der Waals surface area contributed by atoms with Gasteiger partial charge >= 0.3 is 0 Å². The largest absolute Gasteiger partial charge is 0.0725 e. The lowest BCUT2D eigenvalue weighted by Crippen LogP contribution is -2.25. The summed E-state index contributed by atoms with van der Waals surface area (Å²) >= 11 is 0. The highest BCUT2D eigenvalue weighted by molar-refractivity contribution is 5.94. The summed E-state index contributed by atoms with van der Waals surface area (Å²) in [6.45, 7) is 20.0. The molecule has 0 saturated heterocycles. The third-order valence-corrected chi connectivity index (χ3v) is 5.90. The van der Waals surface area contributed by atoms with E-state index in [9.17, 15) is 0 Å². The predicted molar refractivity (Wildman–Crippen MR) is 159 cm³/mol. The van der Waals surface area contributed by atoms with Gasteiger partial charge in [-0.05, 0) is 44.5 Å². The van der Waals surface area contributed by atoms with Crippen LogP contribution in [0.4, 0.5) is 0 Å². The molecule has 2 aliphatic carbocycles. The molecule has 0 fully saturated rings. The standard InChI is InChI=1S/C25H16.5C2H6/c1-5-13-21-17(9-1)18-10-2-6-14-22(18)25(21)23-15-7-3-11-19(23)20-12-4-8-16-24(20)25;5*1-2/h1-16H;5*1-2H3. The van der Waals surface area contributed by atoms with Gasteiger partial charge in [-0.3, -0.25) is 0 Å². The first-order valence-electron chi connectivity index (χ1n) is 13.8. The molecule has 2 aliphatic rings. The second-order valence-corrected chi connectivity index (χ2v) is 6.93. The van der Waals surface area contributed by atoms with E-state index in [1.165, 1.54) is 44.5 Å². The van der Waals surface area contributed by atoms with Gasteiger partial charge in [0.2, 0.25) is 0 Å². The van der Waals surface area contributed by atoms with Crippen LogP contribution >= 0.6 is 0 Å². The van der Waals surface area contributed by atoms with Gasteiger partial charge in [-0.2, -0.15) is 0 Å². The van der Waals surface area contributed by atoms with Crippen molar-refractivity contribution in [1.29, 1.82) is 0 Å². The topological polar surface area (TPSA) is 0 Å². The van der Waals surface area contributed by atoms with Crippen molar-refractivity contribution < 1.29 is 0 Å². The van der Waals surface area contributed by atoms with E-state index in [1.54, 1.807) is 0 Å². The quantitative estimate of drug-likeness (QED) is 0.209. The van der Waals surface area contributed by atoms with Gasteiger partial charge in [0.05, 0.1) is 5.41 Å². The lowest BCUT2D eigenvalue weighted by Gasteiger charge is -2.30. The van der Waals surface area contributed by atoms with Crippen molar-refractivity contribution >= 4 is 0 Å². The normalized spacial score (nSPS) is 11.4. The van der Waals surface area contributed by atoms with Gasteiger partial charge in [-0.15, -0.1) is 0 Å². The van der Waals surface area contributed by atoms with E-state index in [2.05, 4.69) is 97.1 Å². The molecule has 0 radical (unpaired) electrons. The van der Waals surface area contributed by atoms with Gasteiger partial charge in [-0.1, -0.05) is 166 Å². The lowest BCUT2D eigenvalue weighted by atomic mass is 9.70. The predicted octanol–water partition coefficient (Wildman–Crippen LogP) is 11.2. The average Bonchev–Trinajstić information content (AvgIpc) is 3.46. The van der Waals surface area contributed by atoms with E-state index in [-0.39, 0.29) is 5.41 Å². The van der Waals surface area contributed by atoms with Gasteiger partial charge in [0, 0.05) is 0 Å². The molecule has 0 heterocycles. The zero-order valence-electron chi connectivity index (χ0n) is 23.7. The third kappa shape index (κ3) is 4.85. The van der Waals surface area contributed by atoms with Crippen LogP contribution in [0.1, 0.15) is 91.5 Å². The molecule has 0 atom stereocenters. The molecule has 1 spiro atoms. The van der Waals surface area contributed by atoms with E-state index >= 15 is 0 Å². The fourth-order valence-corrected chi connectivity index (χ4v) is 5.05. The molecule has 0 aliphatic heterocycles. The van der Waals surface area contributed by atoms with Gasteiger partial charge in [-0.25, -0.2) is 0 Å². The zero-order valence-corrected chi connectivity index (χ0v) is 23.7. The Morgan fingerprint density at radius 2 is 0.457 bits per heavy atom. The summed E-state index contributed by atoms with van der Waals surface area (Å²) in [5.41, 5.74) is 10.9. The number of hydrogen-bond donors (Lipinski definition) is 0.